The van der Waals surface area contributed by atoms with Crippen LogP contribution >= 0.6 is 11.8 Å². The van der Waals surface area contributed by atoms with Crippen molar-refractivity contribution in [1.29, 1.82) is 0 Å². The van der Waals surface area contributed by atoms with Crippen molar-refractivity contribution in [1.82, 2.24) is 0 Å². The highest BCUT2D eigenvalue weighted by Crippen LogP contribution is 2.32. The average Bonchev–Trinajstić information content (AvgIpc) is 2.89. The third-order valence-electron chi connectivity index (χ3n) is 3.20. The van der Waals surface area contributed by atoms with Crippen molar-refractivity contribution in [2.75, 3.05) is 7.11 Å². The number of thioether (sulfide) groups is 1. The summed E-state index contributed by atoms with van der Waals surface area (Å²) in [6, 6.07) is 7.73. The van der Waals surface area contributed by atoms with Gasteiger partial charge in [0.05, 0.1) is 12.7 Å². The van der Waals surface area contributed by atoms with Crippen molar-refractivity contribution in [2.24, 2.45) is 0 Å². The van der Waals surface area contributed by atoms with E-state index in [0.29, 0.717) is 5.56 Å². The number of carbonyl (C=O) groups excluding carboxylic acids is 1. The molecule has 0 N–H and O–H groups in total. The van der Waals surface area contributed by atoms with Crippen molar-refractivity contribution >= 4 is 17.7 Å². The lowest BCUT2D eigenvalue weighted by Gasteiger charge is -2.11. The Morgan fingerprint density at radius 3 is 2.76 bits per heavy atom. The van der Waals surface area contributed by atoms with Crippen LogP contribution in [0.25, 0.3) is 0 Å². The summed E-state index contributed by atoms with van der Waals surface area (Å²) in [5.41, 5.74) is 1.80. The van der Waals surface area contributed by atoms with Crippen molar-refractivity contribution in [3.63, 3.8) is 0 Å². The first kappa shape index (κ1) is 12.5. The fraction of sp³-hybridized carbons (Fsp3) is 0.500. The molecule has 0 radical (unpaired) electrons. The normalized spacial score (nSPS) is 16.1. The Morgan fingerprint density at radius 2 is 2.06 bits per heavy atom. The molecule has 17 heavy (non-hydrogen) atoms. The van der Waals surface area contributed by atoms with Crippen LogP contribution in [0.1, 0.15) is 41.6 Å². The van der Waals surface area contributed by atoms with Crippen molar-refractivity contribution < 1.29 is 9.53 Å². The minimum Gasteiger partial charge on any atom is -0.465 e. The molecule has 0 atom stereocenters. The van der Waals surface area contributed by atoms with Gasteiger partial charge in [0.2, 0.25) is 0 Å². The highest BCUT2D eigenvalue weighted by atomic mass is 32.2. The first-order chi connectivity index (χ1) is 8.31. The number of benzene rings is 1. The Balaban J connectivity index is 2.01. The molecule has 1 aliphatic carbocycles. The second kappa shape index (κ2) is 6.10. The fourth-order valence-corrected chi connectivity index (χ4v) is 3.55. The van der Waals surface area contributed by atoms with Gasteiger partial charge in [0.15, 0.2) is 0 Å². The van der Waals surface area contributed by atoms with E-state index in [2.05, 4.69) is 0 Å². The Bertz CT molecular complexity index is 384. The quantitative estimate of drug-likeness (QED) is 0.763. The molecule has 0 bridgehead atoms. The van der Waals surface area contributed by atoms with E-state index in [-0.39, 0.29) is 5.97 Å². The SMILES string of the molecule is COC(=O)c1ccccc1CSC1CCCC1. The first-order valence-corrected chi connectivity index (χ1v) is 7.14. The van der Waals surface area contributed by atoms with E-state index in [0.717, 1.165) is 16.6 Å². The summed E-state index contributed by atoms with van der Waals surface area (Å²) in [4.78, 5) is 11.6. The first-order valence-electron chi connectivity index (χ1n) is 6.09. The highest BCUT2D eigenvalue weighted by Gasteiger charge is 2.17. The molecule has 0 aliphatic heterocycles. The molecular formula is C14H18O2S. The van der Waals surface area contributed by atoms with Gasteiger partial charge in [0.25, 0.3) is 0 Å². The van der Waals surface area contributed by atoms with E-state index < -0.39 is 0 Å². The van der Waals surface area contributed by atoms with Gasteiger partial charge in [0.1, 0.15) is 0 Å². The molecule has 0 amide bonds. The van der Waals surface area contributed by atoms with E-state index in [9.17, 15) is 4.79 Å². The molecule has 0 spiro atoms. The number of hydrogen-bond acceptors (Lipinski definition) is 3. The van der Waals surface area contributed by atoms with Crippen LogP contribution in [0.2, 0.25) is 0 Å². The summed E-state index contributed by atoms with van der Waals surface area (Å²) in [5, 5.41) is 0.778. The molecule has 3 heteroatoms. The van der Waals surface area contributed by atoms with Crippen molar-refractivity contribution in [3.05, 3.63) is 35.4 Å². The summed E-state index contributed by atoms with van der Waals surface area (Å²) in [7, 11) is 1.43. The number of methoxy groups -OCH3 is 1. The summed E-state index contributed by atoms with van der Waals surface area (Å²) in [6.07, 6.45) is 5.36. The molecule has 0 aromatic heterocycles. The molecule has 0 heterocycles. The number of hydrogen-bond donors (Lipinski definition) is 0. The molecular weight excluding hydrogens is 232 g/mol. The van der Waals surface area contributed by atoms with Gasteiger partial charge in [-0.05, 0) is 24.5 Å². The summed E-state index contributed by atoms with van der Waals surface area (Å²) < 4.78 is 4.80. The Labute approximate surface area is 107 Å². The Kier molecular flexibility index (Phi) is 4.49. The van der Waals surface area contributed by atoms with Gasteiger partial charge < -0.3 is 4.74 Å². The number of esters is 1. The van der Waals surface area contributed by atoms with Crippen molar-refractivity contribution in [3.8, 4) is 0 Å². The second-order valence-corrected chi connectivity index (χ2v) is 5.65. The van der Waals surface area contributed by atoms with Crippen LogP contribution in [0.4, 0.5) is 0 Å². The number of ether oxygens (including phenoxy) is 1. The van der Waals surface area contributed by atoms with Gasteiger partial charge in [-0.15, -0.1) is 0 Å². The maximum Gasteiger partial charge on any atom is 0.338 e. The van der Waals surface area contributed by atoms with E-state index in [4.69, 9.17) is 4.74 Å². The predicted molar refractivity (Wildman–Crippen MR) is 71.3 cm³/mol. The summed E-state index contributed by atoms with van der Waals surface area (Å²) in [5.74, 6) is 0.684. The summed E-state index contributed by atoms with van der Waals surface area (Å²) >= 11 is 1.97. The van der Waals surface area contributed by atoms with Crippen LogP contribution in [0.3, 0.4) is 0 Å². The second-order valence-electron chi connectivity index (χ2n) is 4.37. The largest absolute Gasteiger partial charge is 0.465 e. The van der Waals surface area contributed by atoms with Crippen LogP contribution in [0.5, 0.6) is 0 Å². The lowest BCUT2D eigenvalue weighted by atomic mass is 10.1. The van der Waals surface area contributed by atoms with Crippen LogP contribution in [0.15, 0.2) is 24.3 Å². The van der Waals surface area contributed by atoms with E-state index in [1.165, 1.54) is 32.8 Å². The molecule has 1 aromatic rings. The average molecular weight is 250 g/mol. The van der Waals surface area contributed by atoms with Gasteiger partial charge in [-0.1, -0.05) is 31.0 Å². The van der Waals surface area contributed by atoms with Gasteiger partial charge in [-0.2, -0.15) is 11.8 Å². The third-order valence-corrected chi connectivity index (χ3v) is 4.62. The van der Waals surface area contributed by atoms with E-state index in [1.54, 1.807) is 0 Å². The third kappa shape index (κ3) is 3.25. The predicted octanol–water partition coefficient (Wildman–Crippen LogP) is 3.65. The Morgan fingerprint density at radius 1 is 1.35 bits per heavy atom. The smallest absolute Gasteiger partial charge is 0.338 e. The van der Waals surface area contributed by atoms with Crippen LogP contribution < -0.4 is 0 Å². The molecule has 2 rings (SSSR count). The molecule has 92 valence electrons. The van der Waals surface area contributed by atoms with Gasteiger partial charge in [-0.3, -0.25) is 0 Å². The van der Waals surface area contributed by atoms with Gasteiger partial charge >= 0.3 is 5.97 Å². The Hall–Kier alpha value is -0.960. The lowest BCUT2D eigenvalue weighted by molar-refractivity contribution is 0.0600. The van der Waals surface area contributed by atoms with Crippen LogP contribution in [-0.2, 0) is 10.5 Å². The molecule has 1 aliphatic rings. The van der Waals surface area contributed by atoms with E-state index >= 15 is 0 Å². The molecule has 1 saturated carbocycles. The zero-order chi connectivity index (χ0) is 12.1. The zero-order valence-electron chi connectivity index (χ0n) is 10.1. The summed E-state index contributed by atoms with van der Waals surface area (Å²) in [6.45, 7) is 0. The molecule has 0 saturated heterocycles. The maximum atomic E-state index is 11.6. The standard InChI is InChI=1S/C14H18O2S/c1-16-14(15)13-9-5-2-6-11(13)10-17-12-7-3-4-8-12/h2,5-6,9,12H,3-4,7-8,10H2,1H3. The minimum atomic E-state index is -0.229. The van der Waals surface area contributed by atoms with Crippen LogP contribution in [0, 0.1) is 0 Å². The van der Waals surface area contributed by atoms with Gasteiger partial charge in [0, 0.05) is 11.0 Å². The fourth-order valence-electron chi connectivity index (χ4n) is 2.22. The molecule has 0 unspecified atom stereocenters. The van der Waals surface area contributed by atoms with Crippen molar-refractivity contribution in [2.45, 2.75) is 36.7 Å². The monoisotopic (exact) mass is 250 g/mol. The molecule has 1 aromatic carbocycles. The highest BCUT2D eigenvalue weighted by molar-refractivity contribution is 7.99. The zero-order valence-corrected chi connectivity index (χ0v) is 11.0. The van der Waals surface area contributed by atoms with Gasteiger partial charge in [-0.25, -0.2) is 4.79 Å². The lowest BCUT2D eigenvalue weighted by Crippen LogP contribution is -2.05. The van der Waals surface area contributed by atoms with E-state index in [1.807, 2.05) is 36.0 Å². The number of rotatable bonds is 4. The molecule has 1 fully saturated rings. The maximum absolute atomic E-state index is 11.6. The number of carbonyl (C=O) groups is 1. The minimum absolute atomic E-state index is 0.229. The van der Waals surface area contributed by atoms with Crippen LogP contribution in [-0.4, -0.2) is 18.3 Å². The molecule has 2 nitrogen and oxygen atoms in total. The topological polar surface area (TPSA) is 26.3 Å².